The van der Waals surface area contributed by atoms with Crippen molar-refractivity contribution in [3.05, 3.63) is 36.0 Å². The van der Waals surface area contributed by atoms with E-state index in [1.165, 1.54) is 0 Å². The first-order valence-corrected chi connectivity index (χ1v) is 7.40. The van der Waals surface area contributed by atoms with Gasteiger partial charge in [-0.2, -0.15) is 18.2 Å². The second kappa shape index (κ2) is 7.37. The van der Waals surface area contributed by atoms with Crippen LogP contribution < -0.4 is 14.4 Å². The van der Waals surface area contributed by atoms with E-state index in [2.05, 4.69) is 9.97 Å². The van der Waals surface area contributed by atoms with Gasteiger partial charge in [-0.1, -0.05) is 0 Å². The van der Waals surface area contributed by atoms with E-state index in [1.807, 2.05) is 6.92 Å². The lowest BCUT2D eigenvalue weighted by atomic mass is 10.3. The molecule has 1 heterocycles. The third-order valence-corrected chi connectivity index (χ3v) is 3.16. The van der Waals surface area contributed by atoms with Gasteiger partial charge in [0.15, 0.2) is 0 Å². The molecule has 0 radical (unpaired) electrons. The summed E-state index contributed by atoms with van der Waals surface area (Å²) in [6.45, 7) is 4.10. The molecule has 24 heavy (non-hydrogen) atoms. The molecule has 0 amide bonds. The van der Waals surface area contributed by atoms with Crippen LogP contribution in [0.4, 0.5) is 24.8 Å². The fraction of sp³-hybridized carbons (Fsp3) is 0.375. The van der Waals surface area contributed by atoms with E-state index in [-0.39, 0.29) is 12.6 Å². The fourth-order valence-electron chi connectivity index (χ4n) is 2.01. The molecule has 0 aliphatic rings. The van der Waals surface area contributed by atoms with Crippen molar-refractivity contribution < 1.29 is 22.6 Å². The van der Waals surface area contributed by atoms with Crippen molar-refractivity contribution in [2.24, 2.45) is 0 Å². The summed E-state index contributed by atoms with van der Waals surface area (Å²) in [5, 5.41) is 0. The Morgan fingerprint density at radius 2 is 1.67 bits per heavy atom. The van der Waals surface area contributed by atoms with Gasteiger partial charge in [-0.25, -0.2) is 4.98 Å². The quantitative estimate of drug-likeness (QED) is 0.793. The Morgan fingerprint density at radius 1 is 1.04 bits per heavy atom. The molecule has 2 rings (SSSR count). The van der Waals surface area contributed by atoms with Crippen LogP contribution in [-0.4, -0.2) is 30.2 Å². The lowest BCUT2D eigenvalue weighted by molar-refractivity contribution is -0.139. The number of hydrogen-bond acceptors (Lipinski definition) is 5. The highest BCUT2D eigenvalue weighted by Gasteiger charge is 2.36. The molecule has 5 nitrogen and oxygen atoms in total. The molecule has 1 aromatic carbocycles. The van der Waals surface area contributed by atoms with Gasteiger partial charge in [0, 0.05) is 18.9 Å². The first-order valence-electron chi connectivity index (χ1n) is 7.40. The van der Waals surface area contributed by atoms with Gasteiger partial charge >= 0.3 is 6.18 Å². The van der Waals surface area contributed by atoms with E-state index in [1.54, 1.807) is 43.1 Å². The van der Waals surface area contributed by atoms with Crippen LogP contribution in [-0.2, 0) is 6.18 Å². The van der Waals surface area contributed by atoms with Crippen LogP contribution in [0.3, 0.4) is 0 Å². The molecule has 130 valence electrons. The molecule has 0 spiro atoms. The Bertz CT molecular complexity index is 675. The molecule has 1 aromatic heterocycles. The standard InChI is InChI=1S/C16H18F3N3O2/c1-4-23-12-8-6-11(7-9-12)22(3)15-20-10-13(16(17,18)19)14(21-15)24-5-2/h6-10H,4-5H2,1-3H3. The van der Waals surface area contributed by atoms with Gasteiger partial charge in [0.25, 0.3) is 0 Å². The molecule has 0 bridgehead atoms. The fourth-order valence-corrected chi connectivity index (χ4v) is 2.01. The minimum atomic E-state index is -4.57. The first kappa shape index (κ1) is 17.8. The lowest BCUT2D eigenvalue weighted by Gasteiger charge is -2.19. The van der Waals surface area contributed by atoms with Gasteiger partial charge in [-0.05, 0) is 38.1 Å². The van der Waals surface area contributed by atoms with Crippen molar-refractivity contribution in [1.29, 1.82) is 0 Å². The number of ether oxygens (including phenoxy) is 2. The van der Waals surface area contributed by atoms with Crippen LogP contribution in [0, 0.1) is 0 Å². The summed E-state index contributed by atoms with van der Waals surface area (Å²) in [6, 6.07) is 7.07. The largest absolute Gasteiger partial charge is 0.494 e. The molecule has 0 aliphatic carbocycles. The summed E-state index contributed by atoms with van der Waals surface area (Å²) < 4.78 is 49.3. The SMILES string of the molecule is CCOc1ccc(N(C)c2ncc(C(F)(F)F)c(OCC)n2)cc1. The molecule has 0 N–H and O–H groups in total. The highest BCUT2D eigenvalue weighted by molar-refractivity contribution is 5.58. The van der Waals surface area contributed by atoms with E-state index >= 15 is 0 Å². The number of benzene rings is 1. The van der Waals surface area contributed by atoms with E-state index in [0.29, 0.717) is 18.0 Å². The Morgan fingerprint density at radius 3 is 2.21 bits per heavy atom. The van der Waals surface area contributed by atoms with Crippen LogP contribution in [0.5, 0.6) is 11.6 Å². The molecule has 0 saturated carbocycles. The minimum Gasteiger partial charge on any atom is -0.494 e. The molecule has 0 saturated heterocycles. The summed E-state index contributed by atoms with van der Waals surface area (Å²) in [4.78, 5) is 9.28. The van der Waals surface area contributed by atoms with Crippen LogP contribution in [0.1, 0.15) is 19.4 Å². The second-order valence-electron chi connectivity index (χ2n) is 4.81. The molecule has 0 unspecified atom stereocenters. The molecular formula is C16H18F3N3O2. The number of aromatic nitrogens is 2. The second-order valence-corrected chi connectivity index (χ2v) is 4.81. The number of alkyl halides is 3. The number of rotatable bonds is 6. The Labute approximate surface area is 138 Å². The molecule has 2 aromatic rings. The zero-order chi connectivity index (χ0) is 17.7. The topological polar surface area (TPSA) is 47.5 Å². The monoisotopic (exact) mass is 341 g/mol. The predicted octanol–water partition coefficient (Wildman–Crippen LogP) is 4.06. The molecular weight excluding hydrogens is 323 g/mol. The van der Waals surface area contributed by atoms with Gasteiger partial charge < -0.3 is 14.4 Å². The molecule has 8 heteroatoms. The summed E-state index contributed by atoms with van der Waals surface area (Å²) in [7, 11) is 1.66. The van der Waals surface area contributed by atoms with Gasteiger partial charge in [0.05, 0.1) is 13.2 Å². The van der Waals surface area contributed by atoms with Crippen molar-refractivity contribution in [1.82, 2.24) is 9.97 Å². The van der Waals surface area contributed by atoms with E-state index in [4.69, 9.17) is 9.47 Å². The van der Waals surface area contributed by atoms with Gasteiger partial charge in [-0.15, -0.1) is 0 Å². The average Bonchev–Trinajstić information content (AvgIpc) is 2.54. The van der Waals surface area contributed by atoms with E-state index in [9.17, 15) is 13.2 Å². The number of halogens is 3. The predicted molar refractivity (Wildman–Crippen MR) is 83.9 cm³/mol. The normalized spacial score (nSPS) is 11.2. The van der Waals surface area contributed by atoms with E-state index < -0.39 is 17.6 Å². The maximum Gasteiger partial charge on any atom is 0.423 e. The van der Waals surface area contributed by atoms with Crippen molar-refractivity contribution in [2.45, 2.75) is 20.0 Å². The smallest absolute Gasteiger partial charge is 0.423 e. The third kappa shape index (κ3) is 4.06. The molecule has 0 atom stereocenters. The molecule has 0 aliphatic heterocycles. The maximum absolute atomic E-state index is 13.0. The number of anilines is 2. The third-order valence-electron chi connectivity index (χ3n) is 3.16. The van der Waals surface area contributed by atoms with Crippen LogP contribution in [0.2, 0.25) is 0 Å². The lowest BCUT2D eigenvalue weighted by Crippen LogP contribution is -2.17. The van der Waals surface area contributed by atoms with Gasteiger partial charge in [0.2, 0.25) is 11.8 Å². The van der Waals surface area contributed by atoms with Crippen LogP contribution in [0.15, 0.2) is 30.5 Å². The molecule has 0 fully saturated rings. The summed E-state index contributed by atoms with van der Waals surface area (Å²) in [5.41, 5.74) is -0.283. The maximum atomic E-state index is 13.0. The zero-order valence-corrected chi connectivity index (χ0v) is 13.6. The van der Waals surface area contributed by atoms with Crippen molar-refractivity contribution in [3.63, 3.8) is 0 Å². The van der Waals surface area contributed by atoms with Crippen molar-refractivity contribution in [2.75, 3.05) is 25.2 Å². The Hall–Kier alpha value is -2.51. The Kier molecular flexibility index (Phi) is 5.48. The number of hydrogen-bond donors (Lipinski definition) is 0. The summed E-state index contributed by atoms with van der Waals surface area (Å²) in [6.07, 6.45) is -3.83. The highest BCUT2D eigenvalue weighted by Crippen LogP contribution is 2.36. The summed E-state index contributed by atoms with van der Waals surface area (Å²) in [5.74, 6) is 0.335. The van der Waals surface area contributed by atoms with E-state index in [0.717, 1.165) is 6.20 Å². The van der Waals surface area contributed by atoms with Crippen LogP contribution >= 0.6 is 0 Å². The van der Waals surface area contributed by atoms with Crippen molar-refractivity contribution in [3.8, 4) is 11.6 Å². The van der Waals surface area contributed by atoms with Crippen LogP contribution in [0.25, 0.3) is 0 Å². The zero-order valence-electron chi connectivity index (χ0n) is 13.6. The highest BCUT2D eigenvalue weighted by atomic mass is 19.4. The van der Waals surface area contributed by atoms with Gasteiger partial charge in [0.1, 0.15) is 11.3 Å². The Balaban J connectivity index is 2.31. The van der Waals surface area contributed by atoms with Crippen molar-refractivity contribution >= 4 is 11.6 Å². The van der Waals surface area contributed by atoms with Gasteiger partial charge in [-0.3, -0.25) is 0 Å². The first-order chi connectivity index (χ1) is 11.4. The summed E-state index contributed by atoms with van der Waals surface area (Å²) >= 11 is 0. The minimum absolute atomic E-state index is 0.0757. The average molecular weight is 341 g/mol. The number of nitrogens with zero attached hydrogens (tertiary/aromatic N) is 3.